The van der Waals surface area contributed by atoms with Crippen molar-refractivity contribution in [2.45, 2.75) is 25.0 Å². The number of hydrogen-bond acceptors (Lipinski definition) is 4. The minimum absolute atomic E-state index is 0.0221. The molecular weight excluding hydrogens is 236 g/mol. The Balaban J connectivity index is 1.88. The maximum Gasteiger partial charge on any atom is 0.335 e. The minimum Gasteiger partial charge on any atom is -0.478 e. The Hall–Kier alpha value is -1.46. The van der Waals surface area contributed by atoms with E-state index in [0.717, 1.165) is 0 Å². The molecule has 2 saturated heterocycles. The van der Waals surface area contributed by atoms with Crippen LogP contribution in [0, 0.1) is 5.92 Å². The van der Waals surface area contributed by atoms with E-state index < -0.39 is 5.97 Å². The van der Waals surface area contributed by atoms with E-state index in [2.05, 4.69) is 0 Å². The molecule has 1 aliphatic carbocycles. The van der Waals surface area contributed by atoms with E-state index in [9.17, 15) is 14.7 Å². The molecule has 0 bridgehead atoms. The third-order valence-electron chi connectivity index (χ3n) is 3.51. The lowest BCUT2D eigenvalue weighted by Gasteiger charge is -2.22. The number of ether oxygens (including phenoxy) is 2. The summed E-state index contributed by atoms with van der Waals surface area (Å²) < 4.78 is 10.3. The van der Waals surface area contributed by atoms with Gasteiger partial charge in [0.2, 0.25) is 0 Å². The van der Waals surface area contributed by atoms with Crippen molar-refractivity contribution in [2.24, 2.45) is 5.92 Å². The van der Waals surface area contributed by atoms with Gasteiger partial charge in [-0.2, -0.15) is 0 Å². The van der Waals surface area contributed by atoms with Gasteiger partial charge in [-0.25, -0.2) is 4.79 Å². The van der Waals surface area contributed by atoms with Crippen LogP contribution in [-0.2, 0) is 19.1 Å². The molecule has 2 heterocycles. The zero-order valence-corrected chi connectivity index (χ0v) is 9.80. The second-order valence-corrected chi connectivity index (χ2v) is 4.88. The van der Waals surface area contributed by atoms with E-state index in [1.807, 2.05) is 0 Å². The van der Waals surface area contributed by atoms with Crippen molar-refractivity contribution in [2.75, 3.05) is 13.2 Å². The van der Waals surface area contributed by atoms with Gasteiger partial charge in [-0.1, -0.05) is 0 Å². The molecule has 0 aromatic carbocycles. The Morgan fingerprint density at radius 1 is 1.28 bits per heavy atom. The van der Waals surface area contributed by atoms with Gasteiger partial charge in [-0.15, -0.1) is 0 Å². The zero-order valence-electron chi connectivity index (χ0n) is 9.80. The van der Waals surface area contributed by atoms with Crippen LogP contribution in [0.1, 0.15) is 12.8 Å². The normalized spacial score (nSPS) is 33.8. The third kappa shape index (κ3) is 2.37. The number of carbonyl (C=O) groups excluding carboxylic acids is 1. The summed E-state index contributed by atoms with van der Waals surface area (Å²) in [6.45, 7) is 1.32. The molecule has 96 valence electrons. The molecule has 5 nitrogen and oxygen atoms in total. The van der Waals surface area contributed by atoms with Gasteiger partial charge in [0.15, 0.2) is 5.78 Å². The number of carboxylic acid groups (broad SMARTS) is 1. The first-order valence-corrected chi connectivity index (χ1v) is 6.06. The van der Waals surface area contributed by atoms with E-state index >= 15 is 0 Å². The average molecular weight is 250 g/mol. The second kappa shape index (κ2) is 4.33. The van der Waals surface area contributed by atoms with E-state index in [1.54, 1.807) is 0 Å². The predicted octanol–water partition coefficient (Wildman–Crippen LogP) is 0.701. The Bertz CT molecular complexity index is 454. The third-order valence-corrected chi connectivity index (χ3v) is 3.51. The molecule has 3 unspecified atom stereocenters. The van der Waals surface area contributed by atoms with Crippen molar-refractivity contribution in [3.63, 3.8) is 0 Å². The predicted molar refractivity (Wildman–Crippen MR) is 61.0 cm³/mol. The summed E-state index contributed by atoms with van der Waals surface area (Å²) in [5.41, 5.74) is 0.948. The van der Waals surface area contributed by atoms with Gasteiger partial charge in [0, 0.05) is 5.92 Å². The van der Waals surface area contributed by atoms with Crippen molar-refractivity contribution < 1.29 is 24.2 Å². The van der Waals surface area contributed by atoms with Crippen LogP contribution in [-0.4, -0.2) is 42.3 Å². The Kier molecular flexibility index (Phi) is 2.80. The van der Waals surface area contributed by atoms with Crippen molar-refractivity contribution in [3.05, 3.63) is 23.3 Å². The summed E-state index contributed by atoms with van der Waals surface area (Å²) in [5, 5.41) is 9.20. The highest BCUT2D eigenvalue weighted by Gasteiger charge is 2.38. The van der Waals surface area contributed by atoms with Crippen LogP contribution in [0.5, 0.6) is 0 Å². The number of ketones is 1. The molecule has 0 aromatic heterocycles. The van der Waals surface area contributed by atoms with Crippen LogP contribution >= 0.6 is 0 Å². The van der Waals surface area contributed by atoms with Gasteiger partial charge in [0.1, 0.15) is 0 Å². The molecule has 1 N–H and O–H groups in total. The van der Waals surface area contributed by atoms with Crippen molar-refractivity contribution in [1.29, 1.82) is 0 Å². The molecular formula is C13H14O5. The van der Waals surface area contributed by atoms with Gasteiger partial charge in [0.25, 0.3) is 0 Å². The highest BCUT2D eigenvalue weighted by atomic mass is 16.6. The van der Waals surface area contributed by atoms with Gasteiger partial charge in [0.05, 0.1) is 31.0 Å². The van der Waals surface area contributed by atoms with E-state index in [0.29, 0.717) is 31.6 Å². The van der Waals surface area contributed by atoms with Crippen LogP contribution in [0.2, 0.25) is 0 Å². The lowest BCUT2D eigenvalue weighted by Crippen LogP contribution is -2.24. The number of aliphatic carboxylic acids is 1. The number of carboxylic acids is 1. The quantitative estimate of drug-likeness (QED) is 0.726. The van der Waals surface area contributed by atoms with Crippen LogP contribution in [0.25, 0.3) is 0 Å². The molecule has 3 atom stereocenters. The largest absolute Gasteiger partial charge is 0.478 e. The first kappa shape index (κ1) is 11.6. The average Bonchev–Trinajstić information content (AvgIpc) is 3.18. The van der Waals surface area contributed by atoms with Crippen molar-refractivity contribution >= 4 is 11.8 Å². The van der Waals surface area contributed by atoms with Crippen molar-refractivity contribution in [3.8, 4) is 0 Å². The highest BCUT2D eigenvalue weighted by Crippen LogP contribution is 2.35. The molecule has 0 saturated carbocycles. The smallest absolute Gasteiger partial charge is 0.335 e. The van der Waals surface area contributed by atoms with Crippen LogP contribution in [0.4, 0.5) is 0 Å². The fourth-order valence-electron chi connectivity index (χ4n) is 2.37. The summed E-state index contributed by atoms with van der Waals surface area (Å²) in [4.78, 5) is 23.2. The van der Waals surface area contributed by atoms with Gasteiger partial charge in [-0.3, -0.25) is 4.79 Å². The molecule has 0 amide bonds. The van der Waals surface area contributed by atoms with Crippen molar-refractivity contribution in [1.82, 2.24) is 0 Å². The van der Waals surface area contributed by atoms with Crippen LogP contribution in [0.3, 0.4) is 0 Å². The van der Waals surface area contributed by atoms with E-state index in [-0.39, 0.29) is 29.5 Å². The first-order chi connectivity index (χ1) is 8.65. The molecule has 0 spiro atoms. The molecule has 5 heteroatoms. The Morgan fingerprint density at radius 2 is 1.94 bits per heavy atom. The monoisotopic (exact) mass is 250 g/mol. The SMILES string of the molecule is O=C(O)C1=C(CC2CO2)C(CC2CO2)C(=O)C=C1. The lowest BCUT2D eigenvalue weighted by atomic mass is 9.81. The molecule has 2 fully saturated rings. The molecule has 0 aromatic rings. The standard InChI is InChI=1S/C13H14O5/c14-12-2-1-9(13(15)16)10(3-7-5-17-7)11(12)4-8-6-18-8/h1-2,7-8,11H,3-6H2,(H,15,16). The number of epoxide rings is 2. The van der Waals surface area contributed by atoms with Crippen LogP contribution < -0.4 is 0 Å². The molecule has 2 aliphatic heterocycles. The Morgan fingerprint density at radius 3 is 2.50 bits per heavy atom. The van der Waals surface area contributed by atoms with E-state index in [1.165, 1.54) is 12.2 Å². The first-order valence-electron chi connectivity index (χ1n) is 6.06. The summed E-state index contributed by atoms with van der Waals surface area (Å²) in [6, 6.07) is 0. The van der Waals surface area contributed by atoms with E-state index in [4.69, 9.17) is 9.47 Å². The fraction of sp³-hybridized carbons (Fsp3) is 0.538. The van der Waals surface area contributed by atoms with Crippen LogP contribution in [0.15, 0.2) is 23.3 Å². The van der Waals surface area contributed by atoms with Gasteiger partial charge in [-0.05, 0) is 30.6 Å². The maximum atomic E-state index is 11.9. The summed E-state index contributed by atoms with van der Waals surface area (Å²) >= 11 is 0. The topological polar surface area (TPSA) is 79.4 Å². The number of rotatable bonds is 5. The van der Waals surface area contributed by atoms with Gasteiger partial charge >= 0.3 is 5.97 Å². The molecule has 18 heavy (non-hydrogen) atoms. The maximum absolute atomic E-state index is 11.9. The summed E-state index contributed by atoms with van der Waals surface area (Å²) in [6.07, 6.45) is 4.09. The van der Waals surface area contributed by atoms with Gasteiger partial charge < -0.3 is 14.6 Å². The Labute approximate surface area is 104 Å². The number of hydrogen-bond donors (Lipinski definition) is 1. The molecule has 0 radical (unpaired) electrons. The molecule has 3 aliphatic rings. The summed E-state index contributed by atoms with van der Waals surface area (Å²) in [5.74, 6) is -1.35. The second-order valence-electron chi connectivity index (χ2n) is 4.88. The number of allylic oxidation sites excluding steroid dienone is 1. The number of carbonyl (C=O) groups is 2. The zero-order chi connectivity index (χ0) is 12.7. The summed E-state index contributed by atoms with van der Waals surface area (Å²) in [7, 11) is 0. The minimum atomic E-state index is -0.976. The highest BCUT2D eigenvalue weighted by molar-refractivity contribution is 6.02. The lowest BCUT2D eigenvalue weighted by molar-refractivity contribution is -0.132. The fourth-order valence-corrected chi connectivity index (χ4v) is 2.37. The molecule has 3 rings (SSSR count).